The molecule has 0 aromatic heterocycles. The van der Waals surface area contributed by atoms with E-state index in [1.807, 2.05) is 6.92 Å². The number of amides is 1. The average molecular weight is 129 g/mol. The number of carbonyl (C=O) groups excluding carboxylic acids is 1. The summed E-state index contributed by atoms with van der Waals surface area (Å²) in [4.78, 5) is 13.8. The lowest BCUT2D eigenvalue weighted by Crippen LogP contribution is -1.97. The van der Waals surface area contributed by atoms with Gasteiger partial charge in [0.2, 0.25) is 0 Å². The van der Waals surface area contributed by atoms with Gasteiger partial charge in [-0.2, -0.15) is 4.99 Å². The van der Waals surface area contributed by atoms with Gasteiger partial charge in [0.1, 0.15) is 0 Å². The molecular formula is C6H11NO2. The second-order valence-electron chi connectivity index (χ2n) is 1.42. The smallest absolute Gasteiger partial charge is 0.433 e. The van der Waals surface area contributed by atoms with Crippen LogP contribution in [0.5, 0.6) is 0 Å². The van der Waals surface area contributed by atoms with Crippen molar-refractivity contribution in [3.63, 3.8) is 0 Å². The fraction of sp³-hybridized carbons (Fsp3) is 0.667. The molecule has 0 atom stereocenters. The molecule has 0 saturated heterocycles. The van der Waals surface area contributed by atoms with Crippen molar-refractivity contribution < 1.29 is 9.53 Å². The maximum absolute atomic E-state index is 10.4. The lowest BCUT2D eigenvalue weighted by Gasteiger charge is -1.91. The maximum atomic E-state index is 10.4. The first-order valence-corrected chi connectivity index (χ1v) is 3.00. The minimum atomic E-state index is -0.501. The van der Waals surface area contributed by atoms with Crippen molar-refractivity contribution in [3.8, 4) is 0 Å². The third-order valence-corrected chi connectivity index (χ3v) is 0.647. The van der Waals surface area contributed by atoms with E-state index in [-0.39, 0.29) is 0 Å². The first-order valence-electron chi connectivity index (χ1n) is 3.00. The van der Waals surface area contributed by atoms with E-state index in [2.05, 4.69) is 9.73 Å². The summed E-state index contributed by atoms with van der Waals surface area (Å²) in [5.74, 6) is 0. The van der Waals surface area contributed by atoms with Crippen molar-refractivity contribution in [2.45, 2.75) is 20.3 Å². The summed E-state index contributed by atoms with van der Waals surface area (Å²) < 4.78 is 4.51. The molecule has 0 aromatic rings. The van der Waals surface area contributed by atoms with Crippen molar-refractivity contribution in [1.29, 1.82) is 0 Å². The van der Waals surface area contributed by atoms with Gasteiger partial charge in [-0.1, -0.05) is 6.92 Å². The van der Waals surface area contributed by atoms with Gasteiger partial charge in [-0.25, -0.2) is 4.79 Å². The Kier molecular flexibility index (Phi) is 4.78. The van der Waals surface area contributed by atoms with Crippen LogP contribution in [0.4, 0.5) is 4.79 Å². The molecule has 0 saturated carbocycles. The molecule has 0 aromatic carbocycles. The standard InChI is InChI=1S/C6H11NO2/c1-3-5-7-6(8)9-4-2/h5H,3-4H2,1-2H3. The van der Waals surface area contributed by atoms with Crippen molar-refractivity contribution in [2.24, 2.45) is 4.99 Å². The highest BCUT2D eigenvalue weighted by Crippen LogP contribution is 1.81. The van der Waals surface area contributed by atoms with Gasteiger partial charge in [0, 0.05) is 6.21 Å². The summed E-state index contributed by atoms with van der Waals surface area (Å²) in [5, 5.41) is 0. The van der Waals surface area contributed by atoms with Crippen molar-refractivity contribution in [3.05, 3.63) is 0 Å². The Bertz CT molecular complexity index is 110. The second kappa shape index (κ2) is 5.28. The molecule has 3 nitrogen and oxygen atoms in total. The Labute approximate surface area is 54.7 Å². The van der Waals surface area contributed by atoms with Crippen LogP contribution in [0.1, 0.15) is 20.3 Å². The predicted molar refractivity (Wildman–Crippen MR) is 35.8 cm³/mol. The highest BCUT2D eigenvalue weighted by atomic mass is 16.5. The van der Waals surface area contributed by atoms with E-state index >= 15 is 0 Å². The number of nitrogens with zero attached hydrogens (tertiary/aromatic N) is 1. The first-order chi connectivity index (χ1) is 4.31. The number of hydrogen-bond donors (Lipinski definition) is 0. The first kappa shape index (κ1) is 8.14. The highest BCUT2D eigenvalue weighted by molar-refractivity contribution is 5.78. The highest BCUT2D eigenvalue weighted by Gasteiger charge is 1.91. The molecule has 9 heavy (non-hydrogen) atoms. The molecule has 0 radical (unpaired) electrons. The molecule has 0 N–H and O–H groups in total. The van der Waals surface area contributed by atoms with Gasteiger partial charge in [0.05, 0.1) is 6.61 Å². The van der Waals surface area contributed by atoms with Gasteiger partial charge in [0.15, 0.2) is 0 Å². The largest absolute Gasteiger partial charge is 0.448 e. The summed E-state index contributed by atoms with van der Waals surface area (Å²) in [5.41, 5.74) is 0. The molecule has 1 amide bonds. The SMILES string of the molecule is CCC=NC(=O)OCC. The van der Waals surface area contributed by atoms with E-state index in [4.69, 9.17) is 0 Å². The summed E-state index contributed by atoms with van der Waals surface area (Å²) in [6.45, 7) is 4.04. The second-order valence-corrected chi connectivity index (χ2v) is 1.42. The number of carbonyl (C=O) groups is 1. The van der Waals surface area contributed by atoms with Gasteiger partial charge in [-0.3, -0.25) is 0 Å². The van der Waals surface area contributed by atoms with Crippen LogP contribution < -0.4 is 0 Å². The molecular weight excluding hydrogens is 118 g/mol. The topological polar surface area (TPSA) is 38.7 Å². The molecule has 0 spiro atoms. The Balaban J connectivity index is 3.37. The van der Waals surface area contributed by atoms with E-state index < -0.39 is 6.09 Å². The minimum Gasteiger partial charge on any atom is -0.448 e. The van der Waals surface area contributed by atoms with Crippen LogP contribution in [0.15, 0.2) is 4.99 Å². The van der Waals surface area contributed by atoms with Gasteiger partial charge in [-0.15, -0.1) is 0 Å². The zero-order valence-electron chi connectivity index (χ0n) is 5.76. The zero-order chi connectivity index (χ0) is 7.11. The lowest BCUT2D eigenvalue weighted by atomic mass is 10.5. The van der Waals surface area contributed by atoms with E-state index in [1.54, 1.807) is 6.92 Å². The average Bonchev–Trinajstić information content (AvgIpc) is 1.85. The van der Waals surface area contributed by atoms with Crippen LogP contribution >= 0.6 is 0 Å². The van der Waals surface area contributed by atoms with Crippen LogP contribution in [0.2, 0.25) is 0 Å². The predicted octanol–water partition coefficient (Wildman–Crippen LogP) is 1.62. The van der Waals surface area contributed by atoms with E-state index in [0.29, 0.717) is 6.61 Å². The van der Waals surface area contributed by atoms with Crippen LogP contribution in [0.25, 0.3) is 0 Å². The van der Waals surface area contributed by atoms with Crippen LogP contribution in [0, 0.1) is 0 Å². The van der Waals surface area contributed by atoms with Gasteiger partial charge >= 0.3 is 6.09 Å². The number of rotatable bonds is 2. The summed E-state index contributed by atoms with van der Waals surface area (Å²) in [7, 11) is 0. The molecule has 0 aliphatic heterocycles. The molecule has 0 rings (SSSR count). The Morgan fingerprint density at radius 1 is 1.67 bits per heavy atom. The molecule has 3 heteroatoms. The minimum absolute atomic E-state index is 0.389. The fourth-order valence-electron chi connectivity index (χ4n) is 0.327. The van der Waals surface area contributed by atoms with Crippen LogP contribution in [-0.2, 0) is 4.74 Å². The van der Waals surface area contributed by atoms with Crippen molar-refractivity contribution in [2.75, 3.05) is 6.61 Å². The van der Waals surface area contributed by atoms with E-state index in [0.717, 1.165) is 6.42 Å². The molecule has 0 unspecified atom stereocenters. The van der Waals surface area contributed by atoms with Crippen molar-refractivity contribution in [1.82, 2.24) is 0 Å². The van der Waals surface area contributed by atoms with E-state index in [1.165, 1.54) is 6.21 Å². The Morgan fingerprint density at radius 2 is 2.33 bits per heavy atom. The Morgan fingerprint density at radius 3 is 2.78 bits per heavy atom. The fourth-order valence-corrected chi connectivity index (χ4v) is 0.327. The Hall–Kier alpha value is -0.860. The summed E-state index contributed by atoms with van der Waals surface area (Å²) >= 11 is 0. The molecule has 0 bridgehead atoms. The maximum Gasteiger partial charge on any atom is 0.433 e. The van der Waals surface area contributed by atoms with Crippen LogP contribution in [0.3, 0.4) is 0 Å². The molecule has 0 aliphatic carbocycles. The van der Waals surface area contributed by atoms with E-state index in [9.17, 15) is 4.79 Å². The lowest BCUT2D eigenvalue weighted by molar-refractivity contribution is 0.163. The monoisotopic (exact) mass is 129 g/mol. The number of hydrogen-bond acceptors (Lipinski definition) is 2. The number of aliphatic imine (C=N–C) groups is 1. The molecule has 0 fully saturated rings. The normalized spacial score (nSPS) is 10.0. The molecule has 0 heterocycles. The van der Waals surface area contributed by atoms with Crippen LogP contribution in [-0.4, -0.2) is 18.9 Å². The quantitative estimate of drug-likeness (QED) is 0.531. The third-order valence-electron chi connectivity index (χ3n) is 0.647. The van der Waals surface area contributed by atoms with Gasteiger partial charge in [0.25, 0.3) is 0 Å². The summed E-state index contributed by atoms with van der Waals surface area (Å²) in [6, 6.07) is 0. The number of ether oxygens (including phenoxy) is 1. The molecule has 0 aliphatic rings. The summed E-state index contributed by atoms with van der Waals surface area (Å²) in [6.07, 6.45) is 1.79. The van der Waals surface area contributed by atoms with Gasteiger partial charge in [-0.05, 0) is 13.3 Å². The van der Waals surface area contributed by atoms with Crippen molar-refractivity contribution >= 4 is 12.3 Å². The zero-order valence-corrected chi connectivity index (χ0v) is 5.76. The third kappa shape index (κ3) is 5.00. The molecule has 52 valence electrons. The van der Waals surface area contributed by atoms with Gasteiger partial charge < -0.3 is 4.74 Å².